The fourth-order valence-corrected chi connectivity index (χ4v) is 2.53. The quantitative estimate of drug-likeness (QED) is 0.864. The predicted molar refractivity (Wildman–Crippen MR) is 76.0 cm³/mol. The normalized spacial score (nSPS) is 22.4. The van der Waals surface area contributed by atoms with Crippen molar-refractivity contribution < 1.29 is 9.26 Å². The summed E-state index contributed by atoms with van der Waals surface area (Å²) in [5, 5.41) is 4.03. The van der Waals surface area contributed by atoms with E-state index < -0.39 is 5.60 Å². The van der Waals surface area contributed by atoms with Gasteiger partial charge in [0.05, 0.1) is 0 Å². The molecule has 2 aromatic rings. The molecular weight excluding hydrogens is 270 g/mol. The molecular formula is C15H19N3O3. The summed E-state index contributed by atoms with van der Waals surface area (Å²) in [6, 6.07) is 3.47. The Morgan fingerprint density at radius 2 is 2.29 bits per heavy atom. The van der Waals surface area contributed by atoms with E-state index in [4.69, 9.17) is 9.26 Å². The Morgan fingerprint density at radius 3 is 3.00 bits per heavy atom. The molecule has 0 amide bonds. The lowest BCUT2D eigenvalue weighted by molar-refractivity contribution is -0.0770. The van der Waals surface area contributed by atoms with Crippen LogP contribution in [0.3, 0.4) is 0 Å². The third kappa shape index (κ3) is 2.90. The first-order valence-corrected chi connectivity index (χ1v) is 7.21. The van der Waals surface area contributed by atoms with Crippen molar-refractivity contribution in [1.82, 2.24) is 14.7 Å². The minimum absolute atomic E-state index is 0.0742. The molecule has 0 bridgehead atoms. The van der Waals surface area contributed by atoms with Crippen LogP contribution in [-0.4, -0.2) is 21.3 Å². The maximum atomic E-state index is 11.9. The SMILES string of the molecule is Cc1ccn(Cc2nc(C3(C)CCCCO3)no2)c(=O)c1. The number of hydrogen-bond donors (Lipinski definition) is 0. The Kier molecular flexibility index (Phi) is 3.63. The third-order valence-corrected chi connectivity index (χ3v) is 3.87. The highest BCUT2D eigenvalue weighted by Gasteiger charge is 2.34. The molecule has 0 aliphatic carbocycles. The number of nitrogens with zero attached hydrogens (tertiary/aromatic N) is 3. The van der Waals surface area contributed by atoms with Crippen molar-refractivity contribution in [3.8, 4) is 0 Å². The van der Waals surface area contributed by atoms with E-state index in [1.54, 1.807) is 16.8 Å². The van der Waals surface area contributed by atoms with Gasteiger partial charge in [-0.2, -0.15) is 4.98 Å². The van der Waals surface area contributed by atoms with Crippen LogP contribution in [0.5, 0.6) is 0 Å². The molecule has 0 radical (unpaired) electrons. The lowest BCUT2D eigenvalue weighted by Gasteiger charge is -2.30. The first-order chi connectivity index (χ1) is 10.1. The van der Waals surface area contributed by atoms with E-state index in [9.17, 15) is 4.79 Å². The molecule has 3 rings (SSSR count). The van der Waals surface area contributed by atoms with E-state index in [0.717, 1.165) is 31.4 Å². The van der Waals surface area contributed by atoms with Gasteiger partial charge >= 0.3 is 0 Å². The summed E-state index contributed by atoms with van der Waals surface area (Å²) in [6.45, 7) is 4.87. The Labute approximate surface area is 122 Å². The van der Waals surface area contributed by atoms with Crippen molar-refractivity contribution in [2.24, 2.45) is 0 Å². The summed E-state index contributed by atoms with van der Waals surface area (Å²) in [4.78, 5) is 16.3. The van der Waals surface area contributed by atoms with Gasteiger partial charge < -0.3 is 13.8 Å². The minimum atomic E-state index is -0.474. The Balaban J connectivity index is 1.80. The highest BCUT2D eigenvalue weighted by molar-refractivity contribution is 5.09. The monoisotopic (exact) mass is 289 g/mol. The Morgan fingerprint density at radius 1 is 1.43 bits per heavy atom. The van der Waals surface area contributed by atoms with Crippen molar-refractivity contribution in [2.45, 2.75) is 45.3 Å². The van der Waals surface area contributed by atoms with Crippen LogP contribution >= 0.6 is 0 Å². The molecule has 3 heterocycles. The molecule has 0 aromatic carbocycles. The largest absolute Gasteiger partial charge is 0.367 e. The Bertz CT molecular complexity index is 683. The predicted octanol–water partition coefficient (Wildman–Crippen LogP) is 2.00. The fourth-order valence-electron chi connectivity index (χ4n) is 2.53. The maximum absolute atomic E-state index is 11.9. The molecule has 0 N–H and O–H groups in total. The number of pyridine rings is 1. The maximum Gasteiger partial charge on any atom is 0.251 e. The standard InChI is InChI=1S/C15H19N3O3/c1-11-5-7-18(13(19)9-11)10-12-16-14(17-21-12)15(2)6-3-4-8-20-15/h5,7,9H,3-4,6,8,10H2,1-2H3. The minimum Gasteiger partial charge on any atom is -0.367 e. The van der Waals surface area contributed by atoms with Crippen molar-refractivity contribution >= 4 is 0 Å². The molecule has 6 nitrogen and oxygen atoms in total. The topological polar surface area (TPSA) is 70.2 Å². The van der Waals surface area contributed by atoms with Crippen LogP contribution in [-0.2, 0) is 16.9 Å². The highest BCUT2D eigenvalue weighted by Crippen LogP contribution is 2.32. The van der Waals surface area contributed by atoms with E-state index in [0.29, 0.717) is 11.7 Å². The van der Waals surface area contributed by atoms with Gasteiger partial charge in [0.25, 0.3) is 5.56 Å². The molecule has 1 atom stereocenters. The molecule has 1 saturated heterocycles. The molecule has 1 unspecified atom stereocenters. The summed E-state index contributed by atoms with van der Waals surface area (Å²) < 4.78 is 12.6. The first-order valence-electron chi connectivity index (χ1n) is 7.21. The number of rotatable bonds is 3. The molecule has 1 fully saturated rings. The molecule has 1 aliphatic heterocycles. The van der Waals surface area contributed by atoms with Gasteiger partial charge in [-0.05, 0) is 44.7 Å². The van der Waals surface area contributed by atoms with E-state index in [2.05, 4.69) is 10.1 Å². The summed E-state index contributed by atoms with van der Waals surface area (Å²) >= 11 is 0. The van der Waals surface area contributed by atoms with Crippen LogP contribution in [0.2, 0.25) is 0 Å². The first kappa shape index (κ1) is 14.0. The molecule has 0 spiro atoms. The Hall–Kier alpha value is -1.95. The van der Waals surface area contributed by atoms with Gasteiger partial charge in [0.15, 0.2) is 0 Å². The van der Waals surface area contributed by atoms with Crippen LogP contribution in [0.25, 0.3) is 0 Å². The smallest absolute Gasteiger partial charge is 0.251 e. The van der Waals surface area contributed by atoms with E-state index in [1.165, 1.54) is 0 Å². The molecule has 21 heavy (non-hydrogen) atoms. The van der Waals surface area contributed by atoms with Crippen LogP contribution < -0.4 is 5.56 Å². The second-order valence-corrected chi connectivity index (χ2v) is 5.72. The van der Waals surface area contributed by atoms with Gasteiger partial charge in [-0.3, -0.25) is 4.79 Å². The van der Waals surface area contributed by atoms with Gasteiger partial charge in [-0.25, -0.2) is 0 Å². The van der Waals surface area contributed by atoms with E-state index in [1.807, 2.05) is 19.9 Å². The van der Waals surface area contributed by atoms with Crippen LogP contribution in [0, 0.1) is 6.92 Å². The summed E-state index contributed by atoms with van der Waals surface area (Å²) in [7, 11) is 0. The molecule has 112 valence electrons. The lowest BCUT2D eigenvalue weighted by Crippen LogP contribution is -2.31. The van der Waals surface area contributed by atoms with Crippen LogP contribution in [0.4, 0.5) is 0 Å². The second kappa shape index (κ2) is 5.44. The molecule has 0 saturated carbocycles. The average Bonchev–Trinajstić information content (AvgIpc) is 2.92. The average molecular weight is 289 g/mol. The van der Waals surface area contributed by atoms with Crippen molar-refractivity contribution in [3.05, 3.63) is 46.0 Å². The zero-order valence-corrected chi connectivity index (χ0v) is 12.3. The number of aromatic nitrogens is 3. The number of ether oxygens (including phenoxy) is 1. The number of aryl methyl sites for hydroxylation is 1. The second-order valence-electron chi connectivity index (χ2n) is 5.72. The zero-order chi connectivity index (χ0) is 14.9. The van der Waals surface area contributed by atoms with Crippen molar-refractivity contribution in [3.63, 3.8) is 0 Å². The summed E-state index contributed by atoms with van der Waals surface area (Å²) in [5.74, 6) is 0.990. The van der Waals surface area contributed by atoms with Gasteiger partial charge in [0, 0.05) is 18.9 Å². The van der Waals surface area contributed by atoms with Crippen LogP contribution in [0.15, 0.2) is 27.6 Å². The van der Waals surface area contributed by atoms with Gasteiger partial charge in [-0.15, -0.1) is 0 Å². The van der Waals surface area contributed by atoms with E-state index >= 15 is 0 Å². The molecule has 2 aromatic heterocycles. The van der Waals surface area contributed by atoms with Gasteiger partial charge in [0.1, 0.15) is 12.1 Å². The third-order valence-electron chi connectivity index (χ3n) is 3.87. The summed E-state index contributed by atoms with van der Waals surface area (Å²) in [5.41, 5.74) is 0.388. The van der Waals surface area contributed by atoms with Crippen molar-refractivity contribution in [1.29, 1.82) is 0 Å². The summed E-state index contributed by atoms with van der Waals surface area (Å²) in [6.07, 6.45) is 4.79. The fraction of sp³-hybridized carbons (Fsp3) is 0.533. The number of hydrogen-bond acceptors (Lipinski definition) is 5. The van der Waals surface area contributed by atoms with Crippen molar-refractivity contribution in [2.75, 3.05) is 6.61 Å². The van der Waals surface area contributed by atoms with E-state index in [-0.39, 0.29) is 12.1 Å². The van der Waals surface area contributed by atoms with Gasteiger partial charge in [-0.1, -0.05) is 5.16 Å². The van der Waals surface area contributed by atoms with Crippen LogP contribution in [0.1, 0.15) is 43.5 Å². The zero-order valence-electron chi connectivity index (χ0n) is 12.3. The highest BCUT2D eigenvalue weighted by atomic mass is 16.5. The molecule has 1 aliphatic rings. The molecule has 6 heteroatoms. The van der Waals surface area contributed by atoms with Gasteiger partial charge in [0.2, 0.25) is 11.7 Å². The lowest BCUT2D eigenvalue weighted by atomic mass is 9.95.